The Balaban J connectivity index is 2.37. The van der Waals surface area contributed by atoms with E-state index in [1.165, 1.54) is 0 Å². The van der Waals surface area contributed by atoms with Crippen LogP contribution < -0.4 is 4.74 Å². The third-order valence-corrected chi connectivity index (χ3v) is 2.52. The average molecular weight is 241 g/mol. The maximum absolute atomic E-state index is 5.35. The average Bonchev–Trinajstić information content (AvgIpc) is 2.37. The lowest BCUT2D eigenvalue weighted by atomic mass is 10.1. The van der Waals surface area contributed by atoms with Gasteiger partial charge in [0.05, 0.1) is 13.3 Å². The largest absolute Gasteiger partial charge is 0.494 e. The van der Waals surface area contributed by atoms with Gasteiger partial charge < -0.3 is 4.74 Å². The van der Waals surface area contributed by atoms with Gasteiger partial charge in [0.25, 0.3) is 0 Å². The van der Waals surface area contributed by atoms with Crippen molar-refractivity contribution in [2.75, 3.05) is 7.11 Å². The molecule has 1 aromatic carbocycles. The number of rotatable bonds is 3. The molecule has 0 amide bonds. The molecule has 4 heteroatoms. The number of hydrogen-bond donors (Lipinski definition) is 0. The molecule has 0 radical (unpaired) electrons. The van der Waals surface area contributed by atoms with Crippen LogP contribution in [0.25, 0.3) is 0 Å². The molecule has 1 aromatic heterocycles. The van der Waals surface area contributed by atoms with Gasteiger partial charge in [-0.2, -0.15) is 0 Å². The molecule has 0 bridgehead atoms. The number of nitrogens with zero attached hydrogens (tertiary/aromatic N) is 3. The van der Waals surface area contributed by atoms with Crippen molar-refractivity contribution in [1.29, 1.82) is 0 Å². The van der Waals surface area contributed by atoms with Gasteiger partial charge >= 0.3 is 0 Å². The quantitative estimate of drug-likeness (QED) is 0.759. The Bertz CT molecular complexity index is 565. The highest BCUT2D eigenvalue weighted by atomic mass is 16.5. The lowest BCUT2D eigenvalue weighted by molar-refractivity contribution is 0.412. The fourth-order valence-electron chi connectivity index (χ4n) is 1.80. The summed E-state index contributed by atoms with van der Waals surface area (Å²) >= 11 is 0. The summed E-state index contributed by atoms with van der Waals surface area (Å²) in [5.41, 5.74) is 3.64. The number of methoxy groups -OCH3 is 1. The summed E-state index contributed by atoms with van der Waals surface area (Å²) in [6.07, 6.45) is 3.37. The Morgan fingerprint density at radius 2 is 2.00 bits per heavy atom. The zero-order valence-corrected chi connectivity index (χ0v) is 10.7. The monoisotopic (exact) mass is 241 g/mol. The van der Waals surface area contributed by atoms with E-state index in [2.05, 4.69) is 21.3 Å². The first-order chi connectivity index (χ1) is 8.70. The maximum Gasteiger partial charge on any atom is 0.149 e. The van der Waals surface area contributed by atoms with Crippen LogP contribution >= 0.6 is 0 Å². The maximum atomic E-state index is 5.35. The smallest absolute Gasteiger partial charge is 0.149 e. The minimum Gasteiger partial charge on any atom is -0.494 e. The summed E-state index contributed by atoms with van der Waals surface area (Å²) in [5, 5.41) is 8.38. The molecule has 0 saturated heterocycles. The molecule has 0 atom stereocenters. The molecular weight excluding hydrogens is 226 g/mol. The fraction of sp³-hybridized carbons (Fsp3) is 0.214. The predicted octanol–water partition coefficient (Wildman–Crippen LogP) is 4.12. The Morgan fingerprint density at radius 3 is 2.67 bits per heavy atom. The minimum absolute atomic E-state index is 0.721. The van der Waals surface area contributed by atoms with Crippen LogP contribution in [0, 0.1) is 13.8 Å². The van der Waals surface area contributed by atoms with Gasteiger partial charge in [-0.1, -0.05) is 6.07 Å². The molecule has 0 unspecified atom stereocenters. The van der Waals surface area contributed by atoms with Gasteiger partial charge in [-0.05, 0) is 43.2 Å². The van der Waals surface area contributed by atoms with Crippen LogP contribution in [-0.2, 0) is 0 Å². The van der Waals surface area contributed by atoms with Crippen LogP contribution in [0.15, 0.2) is 46.9 Å². The van der Waals surface area contributed by atoms with Crippen molar-refractivity contribution in [3.05, 3.63) is 47.8 Å². The van der Waals surface area contributed by atoms with E-state index < -0.39 is 0 Å². The third kappa shape index (κ3) is 2.71. The van der Waals surface area contributed by atoms with Crippen molar-refractivity contribution >= 4 is 11.4 Å². The summed E-state index contributed by atoms with van der Waals surface area (Å²) in [5.74, 6) is 0.758. The topological polar surface area (TPSA) is 46.8 Å². The minimum atomic E-state index is 0.721. The van der Waals surface area contributed by atoms with Crippen LogP contribution in [-0.4, -0.2) is 12.1 Å². The highest BCUT2D eigenvalue weighted by Gasteiger charge is 2.06. The summed E-state index contributed by atoms with van der Waals surface area (Å²) in [6.45, 7) is 4.02. The second-order valence-corrected chi connectivity index (χ2v) is 4.05. The molecule has 1 heterocycles. The van der Waals surface area contributed by atoms with Gasteiger partial charge in [0, 0.05) is 6.20 Å². The van der Waals surface area contributed by atoms with Crippen LogP contribution in [0.1, 0.15) is 11.1 Å². The number of benzene rings is 1. The van der Waals surface area contributed by atoms with Crippen molar-refractivity contribution in [3.8, 4) is 5.75 Å². The molecule has 0 saturated carbocycles. The molecule has 0 aliphatic rings. The molecule has 0 fully saturated rings. The van der Waals surface area contributed by atoms with Crippen LogP contribution in [0.4, 0.5) is 11.4 Å². The highest BCUT2D eigenvalue weighted by Crippen LogP contribution is 2.33. The van der Waals surface area contributed by atoms with Gasteiger partial charge in [0.15, 0.2) is 0 Å². The Kier molecular flexibility index (Phi) is 3.67. The molecule has 0 aliphatic heterocycles. The normalized spacial score (nSPS) is 10.8. The summed E-state index contributed by atoms with van der Waals surface area (Å²) in [6, 6.07) is 7.69. The number of aromatic nitrogens is 1. The van der Waals surface area contributed by atoms with Gasteiger partial charge in [0.1, 0.15) is 17.1 Å². The molecule has 4 nitrogen and oxygen atoms in total. The van der Waals surface area contributed by atoms with E-state index in [-0.39, 0.29) is 0 Å². The number of aryl methyl sites for hydroxylation is 2. The van der Waals surface area contributed by atoms with E-state index in [4.69, 9.17) is 4.74 Å². The number of ether oxygens (including phenoxy) is 1. The molecule has 92 valence electrons. The first kappa shape index (κ1) is 12.2. The number of azo groups is 1. The summed E-state index contributed by atoms with van der Waals surface area (Å²) in [7, 11) is 1.64. The van der Waals surface area contributed by atoms with Crippen LogP contribution in [0.2, 0.25) is 0 Å². The lowest BCUT2D eigenvalue weighted by Gasteiger charge is -2.08. The van der Waals surface area contributed by atoms with E-state index in [9.17, 15) is 0 Å². The van der Waals surface area contributed by atoms with Crippen molar-refractivity contribution in [2.45, 2.75) is 13.8 Å². The third-order valence-electron chi connectivity index (χ3n) is 2.52. The van der Waals surface area contributed by atoms with E-state index in [1.54, 1.807) is 19.5 Å². The van der Waals surface area contributed by atoms with Crippen molar-refractivity contribution in [1.82, 2.24) is 4.98 Å². The Labute approximate surface area is 106 Å². The second-order valence-electron chi connectivity index (χ2n) is 4.05. The van der Waals surface area contributed by atoms with Crippen molar-refractivity contribution in [2.24, 2.45) is 10.2 Å². The fourth-order valence-corrected chi connectivity index (χ4v) is 1.80. The molecule has 18 heavy (non-hydrogen) atoms. The standard InChI is InChI=1S/C14H15N3O/c1-10-7-11(2)14(18-3)13(8-10)17-16-12-5-4-6-15-9-12/h4-9H,1-3H3. The van der Waals surface area contributed by atoms with Crippen LogP contribution in [0.3, 0.4) is 0 Å². The number of pyridine rings is 1. The van der Waals surface area contributed by atoms with E-state index in [1.807, 2.05) is 32.0 Å². The molecule has 2 aromatic rings. The van der Waals surface area contributed by atoms with Gasteiger partial charge in [-0.3, -0.25) is 4.98 Å². The van der Waals surface area contributed by atoms with Crippen molar-refractivity contribution < 1.29 is 4.74 Å². The Morgan fingerprint density at radius 1 is 1.17 bits per heavy atom. The summed E-state index contributed by atoms with van der Waals surface area (Å²) < 4.78 is 5.35. The molecule has 0 spiro atoms. The zero-order chi connectivity index (χ0) is 13.0. The predicted molar refractivity (Wildman–Crippen MR) is 70.9 cm³/mol. The van der Waals surface area contributed by atoms with E-state index in [0.29, 0.717) is 0 Å². The first-order valence-corrected chi connectivity index (χ1v) is 5.67. The van der Waals surface area contributed by atoms with Gasteiger partial charge in [-0.15, -0.1) is 10.2 Å². The zero-order valence-electron chi connectivity index (χ0n) is 10.7. The van der Waals surface area contributed by atoms with Gasteiger partial charge in [-0.25, -0.2) is 0 Å². The second kappa shape index (κ2) is 5.40. The van der Waals surface area contributed by atoms with E-state index in [0.717, 1.165) is 28.3 Å². The van der Waals surface area contributed by atoms with Crippen LogP contribution in [0.5, 0.6) is 5.75 Å². The highest BCUT2D eigenvalue weighted by molar-refractivity contribution is 5.57. The van der Waals surface area contributed by atoms with E-state index >= 15 is 0 Å². The Hall–Kier alpha value is -2.23. The molecular formula is C14H15N3O. The molecule has 2 rings (SSSR count). The number of hydrogen-bond acceptors (Lipinski definition) is 4. The van der Waals surface area contributed by atoms with Crippen molar-refractivity contribution in [3.63, 3.8) is 0 Å². The summed E-state index contributed by atoms with van der Waals surface area (Å²) in [4.78, 5) is 3.99. The van der Waals surface area contributed by atoms with Gasteiger partial charge in [0.2, 0.25) is 0 Å². The molecule has 0 aliphatic carbocycles. The lowest BCUT2D eigenvalue weighted by Crippen LogP contribution is -1.88. The SMILES string of the molecule is COc1c(C)cc(C)cc1N=Nc1cccnc1. The first-order valence-electron chi connectivity index (χ1n) is 5.67. The molecule has 0 N–H and O–H groups in total.